The number of ether oxygens (including phenoxy) is 4. The minimum absolute atomic E-state index is 0.139. The molecule has 4 aliphatic rings. The van der Waals surface area contributed by atoms with E-state index in [9.17, 15) is 9.59 Å². The SMILES string of the molecule is COc1ccc2c3c1C(=O)C=C[C@@]31Oc3cccc4c3[C@@](C=CC4=O)(O2)O1. The van der Waals surface area contributed by atoms with Gasteiger partial charge in [-0.3, -0.25) is 14.3 Å². The van der Waals surface area contributed by atoms with Gasteiger partial charge >= 0.3 is 0 Å². The summed E-state index contributed by atoms with van der Waals surface area (Å²) in [6.45, 7) is 0. The predicted octanol–water partition coefficient (Wildman–Crippen LogP) is 3.01. The highest BCUT2D eigenvalue weighted by Gasteiger charge is 2.60. The molecule has 132 valence electrons. The molecule has 0 N–H and O–H groups in total. The summed E-state index contributed by atoms with van der Waals surface area (Å²) in [4.78, 5) is 24.9. The van der Waals surface area contributed by atoms with Crippen molar-refractivity contribution in [2.75, 3.05) is 7.11 Å². The summed E-state index contributed by atoms with van der Waals surface area (Å²) in [5.74, 6) is -1.65. The summed E-state index contributed by atoms with van der Waals surface area (Å²) < 4.78 is 24.2. The van der Waals surface area contributed by atoms with E-state index in [1.807, 2.05) is 0 Å². The van der Waals surface area contributed by atoms with Crippen LogP contribution < -0.4 is 14.2 Å². The molecular formula is C21H12O6. The molecule has 2 spiro atoms. The van der Waals surface area contributed by atoms with Crippen LogP contribution in [-0.2, 0) is 16.3 Å². The number of benzene rings is 2. The van der Waals surface area contributed by atoms with E-state index in [4.69, 9.17) is 18.9 Å². The van der Waals surface area contributed by atoms with Crippen molar-refractivity contribution in [3.05, 3.63) is 76.9 Å². The monoisotopic (exact) mass is 360 g/mol. The summed E-state index contributed by atoms with van der Waals surface area (Å²) in [6, 6.07) is 8.64. The van der Waals surface area contributed by atoms with Gasteiger partial charge in [0.2, 0.25) is 0 Å². The fourth-order valence-electron chi connectivity index (χ4n) is 4.24. The Morgan fingerprint density at radius 1 is 0.852 bits per heavy atom. The molecule has 2 aliphatic carbocycles. The van der Waals surface area contributed by atoms with E-state index in [1.54, 1.807) is 42.5 Å². The predicted molar refractivity (Wildman–Crippen MR) is 92.1 cm³/mol. The second-order valence-corrected chi connectivity index (χ2v) is 6.73. The minimum Gasteiger partial charge on any atom is -0.496 e. The quantitative estimate of drug-likeness (QED) is 0.779. The molecule has 0 unspecified atom stereocenters. The lowest BCUT2D eigenvalue weighted by atomic mass is 9.83. The lowest BCUT2D eigenvalue weighted by Crippen LogP contribution is -2.56. The number of hydrogen-bond donors (Lipinski definition) is 0. The zero-order valence-corrected chi connectivity index (χ0v) is 14.1. The standard InChI is InChI=1S/C21H12O6/c1-24-14-5-6-16-19-17(14)13(23)8-10-21(19)25-15-4-2-3-11-12(22)7-9-20(26-16,27-21)18(11)15/h2-10H,1H3/t20-,21-/m0/s1. The van der Waals surface area contributed by atoms with Gasteiger partial charge < -0.3 is 14.2 Å². The molecule has 6 rings (SSSR count). The summed E-state index contributed by atoms with van der Waals surface area (Å²) in [6.07, 6.45) is 6.05. The van der Waals surface area contributed by atoms with Crippen molar-refractivity contribution < 1.29 is 28.5 Å². The molecule has 2 aromatic rings. The third kappa shape index (κ3) is 1.60. The van der Waals surface area contributed by atoms with Gasteiger partial charge in [-0.2, -0.15) is 0 Å². The largest absolute Gasteiger partial charge is 0.496 e. The van der Waals surface area contributed by atoms with Gasteiger partial charge in [-0.25, -0.2) is 0 Å². The third-order valence-corrected chi connectivity index (χ3v) is 5.32. The molecule has 6 heteroatoms. The van der Waals surface area contributed by atoms with E-state index in [2.05, 4.69) is 0 Å². The molecule has 2 aliphatic heterocycles. The van der Waals surface area contributed by atoms with Crippen molar-refractivity contribution in [2.24, 2.45) is 0 Å². The highest BCUT2D eigenvalue weighted by molar-refractivity contribution is 6.10. The van der Waals surface area contributed by atoms with Crippen LogP contribution in [0.15, 0.2) is 54.6 Å². The fourth-order valence-corrected chi connectivity index (χ4v) is 4.24. The number of rotatable bonds is 1. The van der Waals surface area contributed by atoms with E-state index in [0.717, 1.165) is 0 Å². The first kappa shape index (κ1) is 14.8. The molecule has 27 heavy (non-hydrogen) atoms. The van der Waals surface area contributed by atoms with Gasteiger partial charge in [-0.05, 0) is 42.5 Å². The maximum absolute atomic E-state index is 12.6. The molecule has 2 heterocycles. The van der Waals surface area contributed by atoms with E-state index >= 15 is 0 Å². The molecule has 0 fully saturated rings. The van der Waals surface area contributed by atoms with Crippen molar-refractivity contribution in [3.8, 4) is 17.2 Å². The zero-order chi connectivity index (χ0) is 18.4. The maximum Gasteiger partial charge on any atom is 0.265 e. The summed E-state index contributed by atoms with van der Waals surface area (Å²) >= 11 is 0. The number of hydrogen-bond acceptors (Lipinski definition) is 6. The van der Waals surface area contributed by atoms with Gasteiger partial charge in [-0.15, -0.1) is 0 Å². The van der Waals surface area contributed by atoms with Crippen LogP contribution in [-0.4, -0.2) is 18.7 Å². The normalized spacial score (nSPS) is 28.0. The lowest BCUT2D eigenvalue weighted by molar-refractivity contribution is -0.317. The highest BCUT2D eigenvalue weighted by Crippen LogP contribution is 2.59. The molecule has 0 saturated carbocycles. The van der Waals surface area contributed by atoms with E-state index < -0.39 is 11.6 Å². The second kappa shape index (κ2) is 4.47. The average Bonchev–Trinajstić information content (AvgIpc) is 2.68. The number of methoxy groups -OCH3 is 1. The van der Waals surface area contributed by atoms with Crippen LogP contribution in [0.25, 0.3) is 0 Å². The first-order valence-corrected chi connectivity index (χ1v) is 8.47. The third-order valence-electron chi connectivity index (χ3n) is 5.32. The lowest BCUT2D eigenvalue weighted by Gasteiger charge is -2.52. The Bertz CT molecular complexity index is 1140. The van der Waals surface area contributed by atoms with Gasteiger partial charge in [0.25, 0.3) is 11.6 Å². The first-order chi connectivity index (χ1) is 13.1. The Morgan fingerprint density at radius 3 is 2.33 bits per heavy atom. The van der Waals surface area contributed by atoms with Crippen LogP contribution in [0.5, 0.6) is 17.2 Å². The molecule has 2 bridgehead atoms. The Hall–Kier alpha value is -3.38. The van der Waals surface area contributed by atoms with Crippen LogP contribution >= 0.6 is 0 Å². The molecule has 0 amide bonds. The number of carbonyl (C=O) groups excluding carboxylic acids is 2. The highest BCUT2D eigenvalue weighted by atomic mass is 16.8. The average molecular weight is 360 g/mol. The molecule has 2 atom stereocenters. The van der Waals surface area contributed by atoms with Crippen LogP contribution in [0.3, 0.4) is 0 Å². The summed E-state index contributed by atoms with van der Waals surface area (Å²) in [5, 5.41) is 0. The molecule has 0 aromatic heterocycles. The van der Waals surface area contributed by atoms with Crippen LogP contribution in [0.4, 0.5) is 0 Å². The number of ketones is 2. The molecular weight excluding hydrogens is 348 g/mol. The van der Waals surface area contributed by atoms with E-state index in [-0.39, 0.29) is 11.6 Å². The van der Waals surface area contributed by atoms with Crippen LogP contribution in [0.1, 0.15) is 31.8 Å². The van der Waals surface area contributed by atoms with Crippen molar-refractivity contribution in [1.82, 2.24) is 0 Å². The van der Waals surface area contributed by atoms with Crippen molar-refractivity contribution in [3.63, 3.8) is 0 Å². The molecule has 2 aromatic carbocycles. The zero-order valence-electron chi connectivity index (χ0n) is 14.1. The molecule has 6 nitrogen and oxygen atoms in total. The Morgan fingerprint density at radius 2 is 1.56 bits per heavy atom. The van der Waals surface area contributed by atoms with Crippen LogP contribution in [0, 0.1) is 0 Å². The van der Waals surface area contributed by atoms with Gasteiger partial charge in [-0.1, -0.05) is 12.1 Å². The molecule has 0 saturated heterocycles. The van der Waals surface area contributed by atoms with Crippen molar-refractivity contribution in [1.29, 1.82) is 0 Å². The maximum atomic E-state index is 12.6. The summed E-state index contributed by atoms with van der Waals surface area (Å²) in [7, 11) is 1.50. The van der Waals surface area contributed by atoms with Gasteiger partial charge in [0.1, 0.15) is 17.2 Å². The van der Waals surface area contributed by atoms with E-state index in [1.165, 1.54) is 19.3 Å². The minimum atomic E-state index is -1.35. The first-order valence-electron chi connectivity index (χ1n) is 8.47. The second-order valence-electron chi connectivity index (χ2n) is 6.73. The number of carbonyl (C=O) groups is 2. The smallest absolute Gasteiger partial charge is 0.265 e. The van der Waals surface area contributed by atoms with Gasteiger partial charge in [0, 0.05) is 5.56 Å². The van der Waals surface area contributed by atoms with E-state index in [0.29, 0.717) is 39.5 Å². The van der Waals surface area contributed by atoms with Gasteiger partial charge in [0.15, 0.2) is 11.6 Å². The van der Waals surface area contributed by atoms with Crippen molar-refractivity contribution >= 4 is 11.6 Å². The molecule has 0 radical (unpaired) electrons. The summed E-state index contributed by atoms with van der Waals surface area (Å²) in [5.41, 5.74) is 1.83. The topological polar surface area (TPSA) is 71.1 Å². The van der Waals surface area contributed by atoms with Crippen LogP contribution in [0.2, 0.25) is 0 Å². The number of allylic oxidation sites excluding steroid dienone is 2. The van der Waals surface area contributed by atoms with Crippen molar-refractivity contribution in [2.45, 2.75) is 11.6 Å². The van der Waals surface area contributed by atoms with Gasteiger partial charge in [0.05, 0.1) is 23.8 Å². The Kier molecular flexibility index (Phi) is 2.44. The Balaban J connectivity index is 1.71. The Labute approximate surface area is 153 Å². The fraction of sp³-hybridized carbons (Fsp3) is 0.143.